The second-order valence-electron chi connectivity index (χ2n) is 2.93. The molecule has 0 amide bonds. The zero-order chi connectivity index (χ0) is 12.3. The first-order chi connectivity index (χ1) is 7.45. The highest BCUT2D eigenvalue weighted by molar-refractivity contribution is 5.81. The fraction of sp³-hybridized carbons (Fsp3) is 0.222. The summed E-state index contributed by atoms with van der Waals surface area (Å²) in [5.74, 6) is -0.337. The number of aldehydes is 1. The van der Waals surface area contributed by atoms with Gasteiger partial charge >= 0.3 is 6.61 Å². The molecule has 86 valence electrons. The number of aryl methyl sites for hydroxylation is 1. The molecule has 0 heterocycles. The van der Waals surface area contributed by atoms with Crippen LogP contribution in [0.3, 0.4) is 0 Å². The van der Waals surface area contributed by atoms with Gasteiger partial charge in [0, 0.05) is 12.1 Å². The van der Waals surface area contributed by atoms with Crippen LogP contribution in [0, 0.1) is 17.0 Å². The molecule has 0 atom stereocenters. The van der Waals surface area contributed by atoms with Gasteiger partial charge in [-0.1, -0.05) is 0 Å². The van der Waals surface area contributed by atoms with E-state index in [4.69, 9.17) is 0 Å². The average molecular weight is 231 g/mol. The van der Waals surface area contributed by atoms with Crippen molar-refractivity contribution in [2.24, 2.45) is 0 Å². The summed E-state index contributed by atoms with van der Waals surface area (Å²) in [4.78, 5) is 20.3. The molecule has 0 saturated carbocycles. The maximum Gasteiger partial charge on any atom is 0.387 e. The molecule has 0 aliphatic carbocycles. The van der Waals surface area contributed by atoms with E-state index >= 15 is 0 Å². The van der Waals surface area contributed by atoms with Gasteiger partial charge in [0.2, 0.25) is 0 Å². The van der Waals surface area contributed by atoms with Crippen LogP contribution in [0.1, 0.15) is 15.9 Å². The SMILES string of the molecule is Cc1cc([N+](=O)[O-])cc(C=O)c1OC(F)F. The first-order valence-corrected chi connectivity index (χ1v) is 4.14. The van der Waals surface area contributed by atoms with Crippen molar-refractivity contribution in [1.29, 1.82) is 0 Å². The second kappa shape index (κ2) is 4.65. The van der Waals surface area contributed by atoms with E-state index in [1.165, 1.54) is 6.92 Å². The lowest BCUT2D eigenvalue weighted by Gasteiger charge is -2.09. The third kappa shape index (κ3) is 2.50. The second-order valence-corrected chi connectivity index (χ2v) is 2.93. The highest BCUT2D eigenvalue weighted by Crippen LogP contribution is 2.28. The first-order valence-electron chi connectivity index (χ1n) is 4.14. The van der Waals surface area contributed by atoms with E-state index < -0.39 is 11.5 Å². The highest BCUT2D eigenvalue weighted by Gasteiger charge is 2.17. The zero-order valence-electron chi connectivity index (χ0n) is 8.15. The number of hydrogen-bond acceptors (Lipinski definition) is 4. The number of nitro benzene ring substituents is 1. The molecule has 0 aliphatic rings. The van der Waals surface area contributed by atoms with Gasteiger partial charge in [0.1, 0.15) is 5.75 Å². The quantitative estimate of drug-likeness (QED) is 0.453. The van der Waals surface area contributed by atoms with Gasteiger partial charge < -0.3 is 4.74 Å². The Morgan fingerprint density at radius 2 is 2.12 bits per heavy atom. The lowest BCUT2D eigenvalue weighted by atomic mass is 10.1. The first kappa shape index (κ1) is 12.0. The van der Waals surface area contributed by atoms with Gasteiger partial charge in [-0.25, -0.2) is 0 Å². The molecular formula is C9H7F2NO4. The van der Waals surface area contributed by atoms with E-state index in [1.807, 2.05) is 0 Å². The number of benzene rings is 1. The molecule has 0 saturated heterocycles. The Balaban J connectivity index is 3.28. The number of rotatable bonds is 4. The average Bonchev–Trinajstić information content (AvgIpc) is 2.19. The summed E-state index contributed by atoms with van der Waals surface area (Å²) < 4.78 is 28.1. The molecule has 0 aromatic heterocycles. The standard InChI is InChI=1S/C9H7F2NO4/c1-5-2-7(12(14)15)3-6(4-13)8(5)16-9(10)11/h2-4,9H,1H3. The van der Waals surface area contributed by atoms with Gasteiger partial charge in [0.05, 0.1) is 10.5 Å². The lowest BCUT2D eigenvalue weighted by Crippen LogP contribution is -2.06. The summed E-state index contributed by atoms with van der Waals surface area (Å²) >= 11 is 0. The van der Waals surface area contributed by atoms with Gasteiger partial charge in [-0.15, -0.1) is 0 Å². The third-order valence-corrected chi connectivity index (χ3v) is 1.83. The van der Waals surface area contributed by atoms with Crippen LogP contribution in [0.15, 0.2) is 12.1 Å². The number of nitrogens with zero attached hydrogens (tertiary/aromatic N) is 1. The van der Waals surface area contributed by atoms with Crippen molar-refractivity contribution in [2.45, 2.75) is 13.5 Å². The minimum absolute atomic E-state index is 0.108. The Labute approximate surface area is 88.8 Å². The summed E-state index contributed by atoms with van der Waals surface area (Å²) in [7, 11) is 0. The maximum absolute atomic E-state index is 12.0. The van der Waals surface area contributed by atoms with E-state index in [0.717, 1.165) is 12.1 Å². The Bertz CT molecular complexity index is 434. The van der Waals surface area contributed by atoms with E-state index in [9.17, 15) is 23.7 Å². The van der Waals surface area contributed by atoms with Gasteiger partial charge in [-0.05, 0) is 12.5 Å². The van der Waals surface area contributed by atoms with Gasteiger partial charge in [-0.2, -0.15) is 8.78 Å². The van der Waals surface area contributed by atoms with Crippen molar-refractivity contribution < 1.29 is 23.2 Å². The fourth-order valence-electron chi connectivity index (χ4n) is 1.22. The van der Waals surface area contributed by atoms with Crippen LogP contribution in [0.2, 0.25) is 0 Å². The number of alkyl halides is 2. The minimum atomic E-state index is -3.08. The molecular weight excluding hydrogens is 224 g/mol. The molecule has 0 radical (unpaired) electrons. The number of carbonyl (C=O) groups excluding carboxylic acids is 1. The molecule has 1 aromatic carbocycles. The predicted octanol–water partition coefficient (Wildman–Crippen LogP) is 2.32. The molecule has 0 aliphatic heterocycles. The zero-order valence-corrected chi connectivity index (χ0v) is 8.15. The topological polar surface area (TPSA) is 69.4 Å². The summed E-state index contributed by atoms with van der Waals surface area (Å²) in [6.07, 6.45) is 0.234. The summed E-state index contributed by atoms with van der Waals surface area (Å²) in [6, 6.07) is 1.95. The fourth-order valence-corrected chi connectivity index (χ4v) is 1.22. The molecule has 16 heavy (non-hydrogen) atoms. The van der Waals surface area contributed by atoms with Crippen LogP contribution >= 0.6 is 0 Å². The van der Waals surface area contributed by atoms with Crippen molar-refractivity contribution in [3.8, 4) is 5.75 Å². The molecule has 1 aromatic rings. The summed E-state index contributed by atoms with van der Waals surface area (Å²) in [6.45, 7) is -1.74. The molecule has 0 spiro atoms. The Morgan fingerprint density at radius 1 is 1.50 bits per heavy atom. The monoisotopic (exact) mass is 231 g/mol. The van der Waals surface area contributed by atoms with Gasteiger partial charge in [0.15, 0.2) is 6.29 Å². The van der Waals surface area contributed by atoms with Crippen LogP contribution in [0.5, 0.6) is 5.75 Å². The number of carbonyl (C=O) groups is 1. The van der Waals surface area contributed by atoms with Gasteiger partial charge in [-0.3, -0.25) is 14.9 Å². The molecule has 0 unspecified atom stereocenters. The summed E-state index contributed by atoms with van der Waals surface area (Å²) in [5.41, 5.74) is -0.509. The number of halogens is 2. The van der Waals surface area contributed by atoms with Crippen LogP contribution in [0.4, 0.5) is 14.5 Å². The van der Waals surface area contributed by atoms with Crippen LogP contribution in [-0.4, -0.2) is 17.8 Å². The minimum Gasteiger partial charge on any atom is -0.434 e. The molecule has 0 bridgehead atoms. The smallest absolute Gasteiger partial charge is 0.387 e. The Hall–Kier alpha value is -2.05. The van der Waals surface area contributed by atoms with Crippen molar-refractivity contribution >= 4 is 12.0 Å². The van der Waals surface area contributed by atoms with Crippen molar-refractivity contribution in [3.05, 3.63) is 33.4 Å². The number of nitro groups is 1. The van der Waals surface area contributed by atoms with Crippen LogP contribution in [0.25, 0.3) is 0 Å². The molecule has 5 nitrogen and oxygen atoms in total. The van der Waals surface area contributed by atoms with E-state index in [2.05, 4.69) is 4.74 Å². The Kier molecular flexibility index (Phi) is 3.49. The number of ether oxygens (including phenoxy) is 1. The van der Waals surface area contributed by atoms with Crippen LogP contribution in [-0.2, 0) is 0 Å². The van der Waals surface area contributed by atoms with Crippen molar-refractivity contribution in [2.75, 3.05) is 0 Å². The molecule has 0 N–H and O–H groups in total. The molecule has 0 fully saturated rings. The number of hydrogen-bond donors (Lipinski definition) is 0. The van der Waals surface area contributed by atoms with Crippen molar-refractivity contribution in [3.63, 3.8) is 0 Å². The molecule has 7 heteroatoms. The van der Waals surface area contributed by atoms with E-state index in [0.29, 0.717) is 0 Å². The normalized spacial score (nSPS) is 10.2. The van der Waals surface area contributed by atoms with E-state index in [-0.39, 0.29) is 28.8 Å². The van der Waals surface area contributed by atoms with Gasteiger partial charge in [0.25, 0.3) is 5.69 Å². The Morgan fingerprint density at radius 3 is 2.56 bits per heavy atom. The predicted molar refractivity (Wildman–Crippen MR) is 49.9 cm³/mol. The number of non-ortho nitro benzene ring substituents is 1. The largest absolute Gasteiger partial charge is 0.434 e. The van der Waals surface area contributed by atoms with E-state index in [1.54, 1.807) is 0 Å². The maximum atomic E-state index is 12.0. The lowest BCUT2D eigenvalue weighted by molar-refractivity contribution is -0.385. The highest BCUT2D eigenvalue weighted by atomic mass is 19.3. The van der Waals surface area contributed by atoms with Crippen molar-refractivity contribution in [1.82, 2.24) is 0 Å². The summed E-state index contributed by atoms with van der Waals surface area (Å²) in [5, 5.41) is 10.5. The molecule has 1 rings (SSSR count). The van der Waals surface area contributed by atoms with Crippen LogP contribution < -0.4 is 4.74 Å². The third-order valence-electron chi connectivity index (χ3n) is 1.83.